The molecule has 5 rings (SSSR count). The van der Waals surface area contributed by atoms with Crippen LogP contribution in [0.2, 0.25) is 0 Å². The van der Waals surface area contributed by atoms with Crippen LogP contribution in [0.1, 0.15) is 55.7 Å². The first kappa shape index (κ1) is 17.8. The third-order valence-corrected chi connectivity index (χ3v) is 7.42. The van der Waals surface area contributed by atoms with Gasteiger partial charge in [-0.3, -0.25) is 4.90 Å². The van der Waals surface area contributed by atoms with Crippen LogP contribution in [0.25, 0.3) is 0 Å². The van der Waals surface area contributed by atoms with Gasteiger partial charge < -0.3 is 14.4 Å². The Balaban J connectivity index is 1.34. The molecule has 0 spiro atoms. The highest BCUT2D eigenvalue weighted by molar-refractivity contribution is 5.49. The zero-order chi connectivity index (χ0) is 18.4. The van der Waals surface area contributed by atoms with Gasteiger partial charge >= 0.3 is 0 Å². The summed E-state index contributed by atoms with van der Waals surface area (Å²) in [7, 11) is 4.10. The van der Waals surface area contributed by atoms with Crippen LogP contribution in [-0.2, 0) is 6.42 Å². The second kappa shape index (κ2) is 7.29. The Morgan fingerprint density at radius 1 is 1.04 bits per heavy atom. The molecule has 4 aliphatic rings. The Morgan fingerprint density at radius 2 is 1.89 bits per heavy atom. The van der Waals surface area contributed by atoms with E-state index >= 15 is 0 Å². The number of piperazine rings is 1. The summed E-state index contributed by atoms with van der Waals surface area (Å²) in [5.41, 5.74) is 2.93. The van der Waals surface area contributed by atoms with Gasteiger partial charge in [-0.1, -0.05) is 19.3 Å². The number of rotatable bonds is 6. The molecule has 2 heterocycles. The predicted octanol–water partition coefficient (Wildman–Crippen LogP) is 3.89. The lowest BCUT2D eigenvalue weighted by Gasteiger charge is -2.49. The molecule has 2 saturated carbocycles. The smallest absolute Gasteiger partial charge is 0.161 e. The Hall–Kier alpha value is -1.26. The molecule has 1 aromatic carbocycles. The largest absolute Gasteiger partial charge is 0.493 e. The Kier molecular flexibility index (Phi) is 4.81. The predicted molar refractivity (Wildman–Crippen MR) is 108 cm³/mol. The van der Waals surface area contributed by atoms with E-state index in [-0.39, 0.29) is 0 Å². The van der Waals surface area contributed by atoms with Gasteiger partial charge in [0.2, 0.25) is 0 Å². The van der Waals surface area contributed by atoms with E-state index in [1.165, 1.54) is 62.7 Å². The Morgan fingerprint density at radius 3 is 2.59 bits per heavy atom. The first-order valence-corrected chi connectivity index (χ1v) is 11.0. The van der Waals surface area contributed by atoms with Gasteiger partial charge in [0, 0.05) is 31.7 Å². The van der Waals surface area contributed by atoms with Crippen LogP contribution < -0.4 is 9.47 Å². The summed E-state index contributed by atoms with van der Waals surface area (Å²) >= 11 is 0. The molecule has 0 radical (unpaired) electrons. The van der Waals surface area contributed by atoms with Gasteiger partial charge in [-0.15, -0.1) is 0 Å². The van der Waals surface area contributed by atoms with Crippen molar-refractivity contribution in [3.8, 4) is 11.5 Å². The van der Waals surface area contributed by atoms with E-state index in [1.807, 2.05) is 0 Å². The molecule has 0 unspecified atom stereocenters. The molecule has 0 aromatic heterocycles. The number of benzene rings is 1. The van der Waals surface area contributed by atoms with Crippen molar-refractivity contribution in [1.29, 1.82) is 0 Å². The standard InChI is InChI=1S/C23H34N2O2/c1-24-14-21-20-12-22(26-2)23(27-15-17-6-7-17)11-18(20)8-9-25(21)13-19(24)10-16-4-3-5-16/h11-12,16-17,19,21H,3-10,13-15H2,1-2H3/t19-,21-/m1/s1. The Bertz CT molecular complexity index is 683. The van der Waals surface area contributed by atoms with Crippen LogP contribution in [0.3, 0.4) is 0 Å². The van der Waals surface area contributed by atoms with Gasteiger partial charge in [-0.25, -0.2) is 0 Å². The number of hydrogen-bond donors (Lipinski definition) is 0. The van der Waals surface area contributed by atoms with Crippen molar-refractivity contribution < 1.29 is 9.47 Å². The van der Waals surface area contributed by atoms with E-state index in [0.717, 1.165) is 48.9 Å². The van der Waals surface area contributed by atoms with Crippen LogP contribution in [0, 0.1) is 11.8 Å². The molecule has 2 atom stereocenters. The third kappa shape index (κ3) is 3.58. The zero-order valence-corrected chi connectivity index (χ0v) is 17.0. The first-order valence-electron chi connectivity index (χ1n) is 11.0. The number of hydrogen-bond acceptors (Lipinski definition) is 4. The van der Waals surface area contributed by atoms with E-state index in [1.54, 1.807) is 7.11 Å². The lowest BCUT2D eigenvalue weighted by molar-refractivity contribution is 0.0217. The third-order valence-electron chi connectivity index (χ3n) is 7.42. The molecule has 1 aromatic rings. The summed E-state index contributed by atoms with van der Waals surface area (Å²) in [6.45, 7) is 4.38. The van der Waals surface area contributed by atoms with Crippen LogP contribution in [0.15, 0.2) is 12.1 Å². The van der Waals surface area contributed by atoms with Gasteiger partial charge in [0.05, 0.1) is 13.7 Å². The lowest BCUT2D eigenvalue weighted by Crippen LogP contribution is -2.55. The highest BCUT2D eigenvalue weighted by Crippen LogP contribution is 2.42. The molecular formula is C23H34N2O2. The second-order valence-electron chi connectivity index (χ2n) is 9.34. The van der Waals surface area contributed by atoms with Gasteiger partial charge in [-0.2, -0.15) is 0 Å². The summed E-state index contributed by atoms with van der Waals surface area (Å²) in [6, 6.07) is 5.78. The minimum Gasteiger partial charge on any atom is -0.493 e. The van der Waals surface area contributed by atoms with Crippen molar-refractivity contribution in [2.45, 2.75) is 57.0 Å². The number of likely N-dealkylation sites (N-methyl/N-ethyl adjacent to an activating group) is 1. The van der Waals surface area contributed by atoms with Crippen molar-refractivity contribution in [1.82, 2.24) is 9.80 Å². The molecule has 4 heteroatoms. The number of ether oxygens (including phenoxy) is 2. The van der Waals surface area contributed by atoms with Crippen LogP contribution in [-0.4, -0.2) is 56.2 Å². The van der Waals surface area contributed by atoms with Crippen molar-refractivity contribution in [2.24, 2.45) is 11.8 Å². The minimum absolute atomic E-state index is 0.503. The maximum Gasteiger partial charge on any atom is 0.161 e. The first-order chi connectivity index (χ1) is 13.2. The average molecular weight is 371 g/mol. The summed E-state index contributed by atoms with van der Waals surface area (Å²) in [6.07, 6.45) is 9.53. The molecule has 1 saturated heterocycles. The van der Waals surface area contributed by atoms with Crippen LogP contribution in [0.4, 0.5) is 0 Å². The molecule has 148 valence electrons. The van der Waals surface area contributed by atoms with E-state index in [4.69, 9.17) is 9.47 Å². The fraction of sp³-hybridized carbons (Fsp3) is 0.739. The van der Waals surface area contributed by atoms with Crippen LogP contribution in [0.5, 0.6) is 11.5 Å². The van der Waals surface area contributed by atoms with Gasteiger partial charge in [0.25, 0.3) is 0 Å². The molecule has 0 N–H and O–H groups in total. The maximum absolute atomic E-state index is 6.11. The molecule has 27 heavy (non-hydrogen) atoms. The topological polar surface area (TPSA) is 24.9 Å². The number of nitrogens with zero attached hydrogens (tertiary/aromatic N) is 2. The number of fused-ring (bicyclic) bond motifs is 3. The second-order valence-corrected chi connectivity index (χ2v) is 9.34. The molecule has 3 fully saturated rings. The summed E-state index contributed by atoms with van der Waals surface area (Å²) in [4.78, 5) is 5.36. The van der Waals surface area contributed by atoms with Crippen molar-refractivity contribution in [3.63, 3.8) is 0 Å². The van der Waals surface area contributed by atoms with Crippen molar-refractivity contribution in [2.75, 3.05) is 40.4 Å². The monoisotopic (exact) mass is 370 g/mol. The zero-order valence-electron chi connectivity index (χ0n) is 17.0. The minimum atomic E-state index is 0.503. The molecular weight excluding hydrogens is 336 g/mol. The molecule has 4 nitrogen and oxygen atoms in total. The van der Waals surface area contributed by atoms with Gasteiger partial charge in [0.1, 0.15) is 0 Å². The maximum atomic E-state index is 6.11. The SMILES string of the molecule is COc1cc2c(cc1OCC1CC1)CCN1C[C@@H](CC3CCC3)N(C)C[C@H]21. The summed E-state index contributed by atoms with van der Waals surface area (Å²) < 4.78 is 11.8. The summed E-state index contributed by atoms with van der Waals surface area (Å²) in [5, 5.41) is 0. The van der Waals surface area contributed by atoms with Crippen LogP contribution >= 0.6 is 0 Å². The quantitative estimate of drug-likeness (QED) is 0.758. The molecule has 0 bridgehead atoms. The average Bonchev–Trinajstić information content (AvgIpc) is 3.47. The molecule has 2 aliphatic carbocycles. The van der Waals surface area contributed by atoms with E-state index in [2.05, 4.69) is 29.0 Å². The lowest BCUT2D eigenvalue weighted by atomic mass is 9.79. The Labute approximate surface area is 163 Å². The normalized spacial score (nSPS) is 29.0. The molecule has 2 aliphatic heterocycles. The van der Waals surface area contributed by atoms with E-state index in [9.17, 15) is 0 Å². The van der Waals surface area contributed by atoms with Crippen molar-refractivity contribution >= 4 is 0 Å². The fourth-order valence-corrected chi connectivity index (χ4v) is 5.16. The van der Waals surface area contributed by atoms with E-state index < -0.39 is 0 Å². The van der Waals surface area contributed by atoms with Gasteiger partial charge in [0.15, 0.2) is 11.5 Å². The highest BCUT2D eigenvalue weighted by atomic mass is 16.5. The highest BCUT2D eigenvalue weighted by Gasteiger charge is 2.38. The van der Waals surface area contributed by atoms with Crippen molar-refractivity contribution in [3.05, 3.63) is 23.3 Å². The molecule has 0 amide bonds. The van der Waals surface area contributed by atoms with Gasteiger partial charge in [-0.05, 0) is 67.8 Å². The fourth-order valence-electron chi connectivity index (χ4n) is 5.16. The summed E-state index contributed by atoms with van der Waals surface area (Å²) in [5.74, 6) is 3.61. The number of methoxy groups -OCH3 is 1. The van der Waals surface area contributed by atoms with E-state index in [0.29, 0.717) is 6.04 Å².